The molecule has 0 fully saturated rings. The van der Waals surface area contributed by atoms with Crippen LogP contribution in [0.2, 0.25) is 10.0 Å². The first-order chi connectivity index (χ1) is 10.1. The highest BCUT2D eigenvalue weighted by atomic mass is 35.5. The Balaban J connectivity index is 1.86. The van der Waals surface area contributed by atoms with Gasteiger partial charge in [0.15, 0.2) is 0 Å². The van der Waals surface area contributed by atoms with Crippen molar-refractivity contribution >= 4 is 52.2 Å². The Kier molecular flexibility index (Phi) is 5.79. The minimum absolute atomic E-state index is 0.0961. The number of carbonyl (C=O) groups is 1. The van der Waals surface area contributed by atoms with Crippen molar-refractivity contribution in [2.24, 2.45) is 0 Å². The van der Waals surface area contributed by atoms with Gasteiger partial charge in [-0.25, -0.2) is 0 Å². The Morgan fingerprint density at radius 2 is 1.81 bits per heavy atom. The van der Waals surface area contributed by atoms with Crippen molar-refractivity contribution < 1.29 is 4.79 Å². The van der Waals surface area contributed by atoms with Crippen molar-refractivity contribution in [3.8, 4) is 0 Å². The number of para-hydroxylation sites is 1. The molecule has 3 nitrogen and oxygen atoms in total. The van der Waals surface area contributed by atoms with Crippen LogP contribution in [0.4, 0.5) is 11.4 Å². The molecule has 110 valence electrons. The molecule has 3 N–H and O–H groups in total. The first-order valence-electron chi connectivity index (χ1n) is 6.29. The van der Waals surface area contributed by atoms with E-state index in [0.717, 1.165) is 4.90 Å². The summed E-state index contributed by atoms with van der Waals surface area (Å²) in [5.74, 6) is 0.491. The molecule has 0 aliphatic rings. The number of thioether (sulfide) groups is 1. The molecule has 0 aromatic heterocycles. The van der Waals surface area contributed by atoms with E-state index in [1.165, 1.54) is 11.8 Å². The van der Waals surface area contributed by atoms with Gasteiger partial charge in [0.05, 0.1) is 15.7 Å². The van der Waals surface area contributed by atoms with Crippen molar-refractivity contribution in [2.45, 2.75) is 11.3 Å². The van der Waals surface area contributed by atoms with Crippen LogP contribution in [0.1, 0.15) is 6.42 Å². The zero-order valence-electron chi connectivity index (χ0n) is 11.1. The van der Waals surface area contributed by atoms with Crippen LogP contribution in [-0.2, 0) is 4.79 Å². The molecule has 2 aromatic carbocycles. The summed E-state index contributed by atoms with van der Waals surface area (Å²) < 4.78 is 0. The minimum atomic E-state index is -0.0961. The first kappa shape index (κ1) is 16.0. The molecule has 2 aromatic rings. The van der Waals surface area contributed by atoms with Crippen LogP contribution >= 0.6 is 35.0 Å². The number of nitrogens with two attached hydrogens (primary N) is 1. The third-order valence-electron chi connectivity index (χ3n) is 2.72. The number of nitrogens with one attached hydrogen (secondary N) is 1. The summed E-state index contributed by atoms with van der Waals surface area (Å²) in [5, 5.41) is 3.90. The molecule has 0 unspecified atom stereocenters. The molecule has 6 heteroatoms. The van der Waals surface area contributed by atoms with Crippen LogP contribution < -0.4 is 11.1 Å². The van der Waals surface area contributed by atoms with Gasteiger partial charge >= 0.3 is 0 Å². The van der Waals surface area contributed by atoms with E-state index < -0.39 is 0 Å². The molecule has 1 amide bonds. The molecule has 2 rings (SSSR count). The number of hydrogen-bond acceptors (Lipinski definition) is 3. The molecule has 0 bridgehead atoms. The van der Waals surface area contributed by atoms with E-state index in [2.05, 4.69) is 5.32 Å². The highest BCUT2D eigenvalue weighted by molar-refractivity contribution is 7.99. The predicted molar refractivity (Wildman–Crippen MR) is 91.3 cm³/mol. The van der Waals surface area contributed by atoms with Crippen molar-refractivity contribution in [1.29, 1.82) is 0 Å². The van der Waals surface area contributed by atoms with E-state index in [1.54, 1.807) is 30.3 Å². The molecule has 21 heavy (non-hydrogen) atoms. The lowest BCUT2D eigenvalue weighted by Crippen LogP contribution is -2.12. The van der Waals surface area contributed by atoms with E-state index in [9.17, 15) is 4.79 Å². The smallest absolute Gasteiger partial charge is 0.225 e. The third kappa shape index (κ3) is 4.56. The van der Waals surface area contributed by atoms with E-state index in [1.807, 2.05) is 12.1 Å². The number of amides is 1. The molecule has 0 saturated carbocycles. The van der Waals surface area contributed by atoms with E-state index in [4.69, 9.17) is 28.9 Å². The molecular formula is C15H14Cl2N2OS. The van der Waals surface area contributed by atoms with Crippen LogP contribution in [0.15, 0.2) is 47.4 Å². The van der Waals surface area contributed by atoms with Gasteiger partial charge in [0.25, 0.3) is 0 Å². The number of hydrogen-bond donors (Lipinski definition) is 2. The SMILES string of the molecule is Nc1cccc(Cl)c1SCCC(=O)Nc1ccccc1Cl. The van der Waals surface area contributed by atoms with Gasteiger partial charge in [-0.2, -0.15) is 0 Å². The van der Waals surface area contributed by atoms with E-state index in [-0.39, 0.29) is 5.91 Å². The van der Waals surface area contributed by atoms with Crippen LogP contribution in [0, 0.1) is 0 Å². The maximum Gasteiger partial charge on any atom is 0.225 e. The normalized spacial score (nSPS) is 10.4. The maximum atomic E-state index is 11.9. The molecule has 0 aliphatic carbocycles. The summed E-state index contributed by atoms with van der Waals surface area (Å²) in [4.78, 5) is 12.7. The monoisotopic (exact) mass is 340 g/mol. The summed E-state index contributed by atoms with van der Waals surface area (Å²) in [7, 11) is 0. The summed E-state index contributed by atoms with van der Waals surface area (Å²) in [6.45, 7) is 0. The van der Waals surface area contributed by atoms with Crippen LogP contribution in [0.5, 0.6) is 0 Å². The lowest BCUT2D eigenvalue weighted by molar-refractivity contribution is -0.115. The summed E-state index contributed by atoms with van der Waals surface area (Å²) >= 11 is 13.5. The number of halogens is 2. The van der Waals surface area contributed by atoms with Crippen molar-refractivity contribution in [2.75, 3.05) is 16.8 Å². The highest BCUT2D eigenvalue weighted by Gasteiger charge is 2.08. The second-order valence-corrected chi connectivity index (χ2v) is 6.20. The van der Waals surface area contributed by atoms with Gasteiger partial charge in [-0.05, 0) is 24.3 Å². The quantitative estimate of drug-likeness (QED) is 0.612. The fourth-order valence-electron chi connectivity index (χ4n) is 1.70. The zero-order chi connectivity index (χ0) is 15.2. The van der Waals surface area contributed by atoms with Crippen molar-refractivity contribution in [3.05, 3.63) is 52.5 Å². The van der Waals surface area contributed by atoms with Crippen LogP contribution in [0.25, 0.3) is 0 Å². The van der Waals surface area contributed by atoms with Gasteiger partial charge in [0, 0.05) is 22.8 Å². The van der Waals surface area contributed by atoms with Gasteiger partial charge in [-0.3, -0.25) is 4.79 Å². The van der Waals surface area contributed by atoms with Crippen molar-refractivity contribution in [1.82, 2.24) is 0 Å². The Morgan fingerprint density at radius 1 is 1.10 bits per heavy atom. The lowest BCUT2D eigenvalue weighted by Gasteiger charge is -2.08. The lowest BCUT2D eigenvalue weighted by atomic mass is 10.3. The molecule has 0 saturated heterocycles. The van der Waals surface area contributed by atoms with Gasteiger partial charge in [0.2, 0.25) is 5.91 Å². The molecular weight excluding hydrogens is 327 g/mol. The van der Waals surface area contributed by atoms with Crippen molar-refractivity contribution in [3.63, 3.8) is 0 Å². The Labute approximate surface area is 137 Å². The largest absolute Gasteiger partial charge is 0.398 e. The number of nitrogen functional groups attached to an aromatic ring is 1. The third-order valence-corrected chi connectivity index (χ3v) is 4.63. The number of carbonyl (C=O) groups excluding carboxylic acids is 1. The predicted octanol–water partition coefficient (Wildman–Crippen LogP) is 4.70. The highest BCUT2D eigenvalue weighted by Crippen LogP contribution is 2.32. The van der Waals surface area contributed by atoms with Crippen LogP contribution in [0.3, 0.4) is 0 Å². The standard InChI is InChI=1S/C15H14Cl2N2OS/c16-10-4-1-2-7-13(10)19-14(20)8-9-21-15-11(17)5-3-6-12(15)18/h1-7H,8-9,18H2,(H,19,20). The molecule has 0 radical (unpaired) electrons. The summed E-state index contributed by atoms with van der Waals surface area (Å²) in [6.07, 6.45) is 0.348. The Morgan fingerprint density at radius 3 is 2.52 bits per heavy atom. The molecule has 0 atom stereocenters. The van der Waals surface area contributed by atoms with Gasteiger partial charge < -0.3 is 11.1 Å². The second-order valence-electron chi connectivity index (χ2n) is 4.28. The number of rotatable bonds is 5. The van der Waals surface area contributed by atoms with Gasteiger partial charge in [-0.1, -0.05) is 41.4 Å². The first-order valence-corrected chi connectivity index (χ1v) is 8.03. The molecule has 0 aliphatic heterocycles. The second kappa shape index (κ2) is 7.59. The average molecular weight is 341 g/mol. The topological polar surface area (TPSA) is 55.1 Å². The minimum Gasteiger partial charge on any atom is -0.398 e. The fourth-order valence-corrected chi connectivity index (χ4v) is 3.16. The van der Waals surface area contributed by atoms with E-state index >= 15 is 0 Å². The Hall–Kier alpha value is -1.36. The number of benzene rings is 2. The molecule has 0 heterocycles. The van der Waals surface area contributed by atoms with E-state index in [0.29, 0.717) is 33.6 Å². The van der Waals surface area contributed by atoms with Gasteiger partial charge in [-0.15, -0.1) is 11.8 Å². The summed E-state index contributed by atoms with van der Waals surface area (Å²) in [6, 6.07) is 12.5. The number of anilines is 2. The summed E-state index contributed by atoms with van der Waals surface area (Å²) in [5.41, 5.74) is 7.10. The van der Waals surface area contributed by atoms with Crippen LogP contribution in [-0.4, -0.2) is 11.7 Å². The maximum absolute atomic E-state index is 11.9. The Bertz CT molecular complexity index is 629. The van der Waals surface area contributed by atoms with Gasteiger partial charge in [0.1, 0.15) is 0 Å². The average Bonchev–Trinajstić information content (AvgIpc) is 2.45. The zero-order valence-corrected chi connectivity index (χ0v) is 13.4. The fraction of sp³-hybridized carbons (Fsp3) is 0.133. The molecule has 0 spiro atoms.